The summed E-state index contributed by atoms with van der Waals surface area (Å²) in [6.45, 7) is 0.833. The van der Waals surface area contributed by atoms with Crippen molar-refractivity contribution in [3.63, 3.8) is 0 Å². The summed E-state index contributed by atoms with van der Waals surface area (Å²) in [6.07, 6.45) is -0.722. The van der Waals surface area contributed by atoms with E-state index in [0.717, 1.165) is 0 Å². The van der Waals surface area contributed by atoms with E-state index in [0.29, 0.717) is 23.8 Å². The second kappa shape index (κ2) is 4.55. The summed E-state index contributed by atoms with van der Waals surface area (Å²) >= 11 is 11.8. The van der Waals surface area contributed by atoms with Crippen molar-refractivity contribution in [1.82, 2.24) is 0 Å². The van der Waals surface area contributed by atoms with Gasteiger partial charge in [0.15, 0.2) is 6.29 Å². The summed E-state index contributed by atoms with van der Waals surface area (Å²) in [6, 6.07) is 2.66. The molecular formula is C9H7Cl2NO4. The summed E-state index contributed by atoms with van der Waals surface area (Å²) in [7, 11) is 0. The van der Waals surface area contributed by atoms with Crippen molar-refractivity contribution >= 4 is 28.9 Å². The molecule has 0 spiro atoms. The quantitative estimate of drug-likeness (QED) is 0.608. The molecule has 0 N–H and O–H groups in total. The van der Waals surface area contributed by atoms with Crippen LogP contribution in [0.25, 0.3) is 0 Å². The van der Waals surface area contributed by atoms with Crippen molar-refractivity contribution in [3.8, 4) is 0 Å². The fourth-order valence-corrected chi connectivity index (χ4v) is 2.06. The van der Waals surface area contributed by atoms with Crippen LogP contribution in [0.5, 0.6) is 0 Å². The van der Waals surface area contributed by atoms with Crippen LogP contribution in [-0.4, -0.2) is 18.1 Å². The Bertz CT molecular complexity index is 432. The highest BCUT2D eigenvalue weighted by atomic mass is 35.5. The van der Waals surface area contributed by atoms with Crippen LogP contribution >= 0.6 is 23.2 Å². The van der Waals surface area contributed by atoms with Crippen LogP contribution in [-0.2, 0) is 9.47 Å². The maximum Gasteiger partial charge on any atom is 0.288 e. The third-order valence-corrected chi connectivity index (χ3v) is 2.89. The molecule has 1 aliphatic heterocycles. The van der Waals surface area contributed by atoms with Crippen molar-refractivity contribution in [2.24, 2.45) is 0 Å². The number of halogens is 2. The lowest BCUT2D eigenvalue weighted by atomic mass is 10.2. The Morgan fingerprint density at radius 1 is 1.31 bits per heavy atom. The maximum atomic E-state index is 10.7. The van der Waals surface area contributed by atoms with E-state index in [-0.39, 0.29) is 10.7 Å². The van der Waals surface area contributed by atoms with Crippen LogP contribution in [0.3, 0.4) is 0 Å². The predicted octanol–water partition coefficient (Wildman–Crippen LogP) is 2.95. The van der Waals surface area contributed by atoms with Gasteiger partial charge in [-0.1, -0.05) is 23.2 Å². The monoisotopic (exact) mass is 263 g/mol. The molecule has 5 nitrogen and oxygen atoms in total. The number of benzene rings is 1. The van der Waals surface area contributed by atoms with E-state index in [9.17, 15) is 10.1 Å². The van der Waals surface area contributed by atoms with Gasteiger partial charge in [-0.3, -0.25) is 10.1 Å². The molecule has 1 aliphatic rings. The Hall–Kier alpha value is -0.880. The normalized spacial score (nSPS) is 16.6. The van der Waals surface area contributed by atoms with Crippen LogP contribution in [0, 0.1) is 10.1 Å². The van der Waals surface area contributed by atoms with Crippen LogP contribution in [0.15, 0.2) is 12.1 Å². The maximum absolute atomic E-state index is 10.7. The lowest BCUT2D eigenvalue weighted by molar-refractivity contribution is -0.384. The number of nitro benzene ring substituents is 1. The SMILES string of the molecule is O=[N+]([O-])c1ccc(Cl)c(C2OCCO2)c1Cl. The van der Waals surface area contributed by atoms with Gasteiger partial charge in [0.25, 0.3) is 5.69 Å². The summed E-state index contributed by atoms with van der Waals surface area (Å²) in [5.41, 5.74) is 0.107. The summed E-state index contributed by atoms with van der Waals surface area (Å²) in [5, 5.41) is 11.0. The molecule has 1 saturated heterocycles. The van der Waals surface area contributed by atoms with E-state index in [1.165, 1.54) is 12.1 Å². The van der Waals surface area contributed by atoms with Gasteiger partial charge in [-0.15, -0.1) is 0 Å². The second-order valence-electron chi connectivity index (χ2n) is 3.12. The number of ether oxygens (including phenoxy) is 2. The zero-order chi connectivity index (χ0) is 11.7. The molecule has 1 heterocycles. The van der Waals surface area contributed by atoms with Crippen molar-refractivity contribution in [1.29, 1.82) is 0 Å². The molecule has 1 aromatic rings. The molecule has 0 saturated carbocycles. The zero-order valence-corrected chi connectivity index (χ0v) is 9.49. The number of hydrogen-bond donors (Lipinski definition) is 0. The molecule has 1 aromatic carbocycles. The summed E-state index contributed by atoms with van der Waals surface area (Å²) < 4.78 is 10.4. The van der Waals surface area contributed by atoms with Crippen LogP contribution in [0.1, 0.15) is 11.9 Å². The van der Waals surface area contributed by atoms with Crippen molar-refractivity contribution in [3.05, 3.63) is 37.9 Å². The topological polar surface area (TPSA) is 61.6 Å². The first-order valence-corrected chi connectivity index (χ1v) is 5.22. The smallest absolute Gasteiger partial charge is 0.288 e. The Kier molecular flexibility index (Phi) is 3.30. The molecule has 86 valence electrons. The molecule has 0 amide bonds. The van der Waals surface area contributed by atoms with Crippen molar-refractivity contribution < 1.29 is 14.4 Å². The Morgan fingerprint density at radius 2 is 1.94 bits per heavy atom. The van der Waals surface area contributed by atoms with E-state index in [4.69, 9.17) is 32.7 Å². The molecule has 0 atom stereocenters. The molecule has 0 unspecified atom stereocenters. The van der Waals surface area contributed by atoms with Crippen LogP contribution in [0.4, 0.5) is 5.69 Å². The van der Waals surface area contributed by atoms with Gasteiger partial charge in [-0.2, -0.15) is 0 Å². The van der Waals surface area contributed by atoms with Gasteiger partial charge in [0.1, 0.15) is 5.02 Å². The first-order chi connectivity index (χ1) is 7.61. The molecule has 7 heteroatoms. The largest absolute Gasteiger partial charge is 0.346 e. The van der Waals surface area contributed by atoms with Gasteiger partial charge >= 0.3 is 0 Å². The Labute approximate surface area is 101 Å². The third-order valence-electron chi connectivity index (χ3n) is 2.16. The zero-order valence-electron chi connectivity index (χ0n) is 7.98. The van der Waals surface area contributed by atoms with E-state index in [1.807, 2.05) is 0 Å². The number of hydrogen-bond acceptors (Lipinski definition) is 4. The van der Waals surface area contributed by atoms with E-state index < -0.39 is 11.2 Å². The van der Waals surface area contributed by atoms with E-state index >= 15 is 0 Å². The first-order valence-electron chi connectivity index (χ1n) is 4.46. The van der Waals surface area contributed by atoms with Crippen LogP contribution < -0.4 is 0 Å². The molecule has 0 aromatic heterocycles. The summed E-state index contributed by atoms with van der Waals surface area (Å²) in [4.78, 5) is 10.1. The average molecular weight is 264 g/mol. The van der Waals surface area contributed by atoms with Crippen molar-refractivity contribution in [2.45, 2.75) is 6.29 Å². The highest BCUT2D eigenvalue weighted by molar-refractivity contribution is 6.37. The predicted molar refractivity (Wildman–Crippen MR) is 57.8 cm³/mol. The Morgan fingerprint density at radius 3 is 2.50 bits per heavy atom. The standard InChI is InChI=1S/C9H7Cl2NO4/c10-5-1-2-6(12(13)14)8(11)7(5)9-15-3-4-16-9/h1-2,9H,3-4H2. The third kappa shape index (κ3) is 1.99. The van der Waals surface area contributed by atoms with E-state index in [1.54, 1.807) is 0 Å². The van der Waals surface area contributed by atoms with Gasteiger partial charge in [0, 0.05) is 6.07 Å². The number of rotatable bonds is 2. The van der Waals surface area contributed by atoms with Gasteiger partial charge in [-0.25, -0.2) is 0 Å². The fraction of sp³-hybridized carbons (Fsp3) is 0.333. The van der Waals surface area contributed by atoms with Crippen molar-refractivity contribution in [2.75, 3.05) is 13.2 Å². The van der Waals surface area contributed by atoms with Gasteiger partial charge in [0.05, 0.1) is 28.7 Å². The van der Waals surface area contributed by atoms with Gasteiger partial charge < -0.3 is 9.47 Å². The molecular weight excluding hydrogens is 257 g/mol. The highest BCUT2D eigenvalue weighted by Gasteiger charge is 2.28. The minimum atomic E-state index is -0.722. The fourth-order valence-electron chi connectivity index (χ4n) is 1.44. The molecule has 2 rings (SSSR count). The summed E-state index contributed by atoms with van der Waals surface area (Å²) in [5.74, 6) is 0. The number of nitrogens with zero attached hydrogens (tertiary/aromatic N) is 1. The molecule has 0 bridgehead atoms. The average Bonchev–Trinajstić information content (AvgIpc) is 2.70. The highest BCUT2D eigenvalue weighted by Crippen LogP contribution is 2.39. The Balaban J connectivity index is 2.49. The molecule has 1 fully saturated rings. The number of nitro groups is 1. The lowest BCUT2D eigenvalue weighted by Gasteiger charge is -2.12. The minimum absolute atomic E-state index is 0.0376. The van der Waals surface area contributed by atoms with Crippen LogP contribution in [0.2, 0.25) is 10.0 Å². The molecule has 0 aliphatic carbocycles. The first kappa shape index (κ1) is 11.6. The lowest BCUT2D eigenvalue weighted by Crippen LogP contribution is -2.02. The van der Waals surface area contributed by atoms with Gasteiger partial charge in [-0.05, 0) is 6.07 Å². The van der Waals surface area contributed by atoms with Gasteiger partial charge in [0.2, 0.25) is 0 Å². The molecule has 0 radical (unpaired) electrons. The second-order valence-corrected chi connectivity index (χ2v) is 3.91. The molecule has 16 heavy (non-hydrogen) atoms. The van der Waals surface area contributed by atoms with E-state index in [2.05, 4.69) is 0 Å². The minimum Gasteiger partial charge on any atom is -0.346 e.